The van der Waals surface area contributed by atoms with Crippen LogP contribution in [0.2, 0.25) is 0 Å². The van der Waals surface area contributed by atoms with Crippen molar-refractivity contribution in [1.29, 1.82) is 0 Å². The Labute approximate surface area is 197 Å². The highest BCUT2D eigenvalue weighted by molar-refractivity contribution is 5.95. The number of amides is 3. The highest BCUT2D eigenvalue weighted by Gasteiger charge is 2.28. The van der Waals surface area contributed by atoms with Gasteiger partial charge in [-0.25, -0.2) is 13.6 Å². The van der Waals surface area contributed by atoms with Crippen LogP contribution in [-0.4, -0.2) is 52.9 Å². The van der Waals surface area contributed by atoms with E-state index in [1.807, 2.05) is 13.0 Å². The molecule has 1 saturated heterocycles. The average Bonchev–Trinajstić information content (AvgIpc) is 2.83. The first-order valence-corrected chi connectivity index (χ1v) is 11.1. The van der Waals surface area contributed by atoms with Crippen molar-refractivity contribution in [2.75, 3.05) is 25.5 Å². The molecule has 2 aromatic carbocycles. The lowest BCUT2D eigenvalue weighted by Crippen LogP contribution is -2.48. The van der Waals surface area contributed by atoms with Crippen LogP contribution in [0.4, 0.5) is 19.3 Å². The number of carbonyl (C=O) groups excluding carboxylic acids is 2. The second-order valence-electron chi connectivity index (χ2n) is 8.49. The summed E-state index contributed by atoms with van der Waals surface area (Å²) in [5.74, 6) is -1.32. The number of nitrogens with one attached hydrogen (secondary N) is 1. The van der Waals surface area contributed by atoms with Crippen molar-refractivity contribution in [3.8, 4) is 11.1 Å². The Morgan fingerprint density at radius 3 is 2.26 bits per heavy atom. The van der Waals surface area contributed by atoms with Crippen molar-refractivity contribution in [1.82, 2.24) is 14.8 Å². The molecular formula is C26H26F2N4O2. The molecule has 0 radical (unpaired) electrons. The third-order valence-corrected chi connectivity index (χ3v) is 6.22. The molecule has 0 unspecified atom stereocenters. The molecule has 2 heterocycles. The van der Waals surface area contributed by atoms with Crippen molar-refractivity contribution in [2.24, 2.45) is 0 Å². The summed E-state index contributed by atoms with van der Waals surface area (Å²) in [7, 11) is 1.74. The van der Waals surface area contributed by atoms with Gasteiger partial charge in [0.1, 0.15) is 11.6 Å². The topological polar surface area (TPSA) is 65.5 Å². The first kappa shape index (κ1) is 23.4. The number of hydrogen-bond donors (Lipinski definition) is 1. The summed E-state index contributed by atoms with van der Waals surface area (Å²) < 4.78 is 27.0. The minimum atomic E-state index is -0.641. The van der Waals surface area contributed by atoms with Crippen molar-refractivity contribution in [3.63, 3.8) is 0 Å². The minimum absolute atomic E-state index is 0.00795. The summed E-state index contributed by atoms with van der Waals surface area (Å²) in [5, 5.41) is 2.86. The molecule has 3 aromatic rings. The Bertz CT molecular complexity index is 1170. The molecular weight excluding hydrogens is 438 g/mol. The zero-order valence-electron chi connectivity index (χ0n) is 19.1. The number of halogens is 2. The van der Waals surface area contributed by atoms with Crippen LogP contribution in [0.25, 0.3) is 11.1 Å². The Hall–Kier alpha value is -3.81. The van der Waals surface area contributed by atoms with Gasteiger partial charge in [0.15, 0.2) is 0 Å². The molecule has 4 rings (SSSR count). The van der Waals surface area contributed by atoms with Gasteiger partial charge in [-0.15, -0.1) is 0 Å². The Morgan fingerprint density at radius 1 is 1.00 bits per heavy atom. The number of pyridine rings is 1. The van der Waals surface area contributed by atoms with Gasteiger partial charge < -0.3 is 15.1 Å². The zero-order valence-corrected chi connectivity index (χ0v) is 19.1. The van der Waals surface area contributed by atoms with E-state index in [9.17, 15) is 18.4 Å². The summed E-state index contributed by atoms with van der Waals surface area (Å²) >= 11 is 0. The second-order valence-corrected chi connectivity index (χ2v) is 8.49. The van der Waals surface area contributed by atoms with Crippen LogP contribution < -0.4 is 5.32 Å². The second kappa shape index (κ2) is 9.99. The van der Waals surface area contributed by atoms with E-state index < -0.39 is 11.6 Å². The number of nitrogens with zero attached hydrogens (tertiary/aromatic N) is 3. The molecule has 0 aliphatic carbocycles. The van der Waals surface area contributed by atoms with Crippen LogP contribution in [0.15, 0.2) is 60.9 Å². The van der Waals surface area contributed by atoms with E-state index in [0.717, 1.165) is 11.6 Å². The SMILES string of the molecule is Cc1ccncc1C(=O)N1CCC(N(C)C(=O)Nc2ccc(-c3cc(F)cc(F)c3)cc2)CC1. The molecule has 34 heavy (non-hydrogen) atoms. The first-order chi connectivity index (χ1) is 16.3. The maximum absolute atomic E-state index is 13.5. The van der Waals surface area contributed by atoms with Crippen molar-refractivity contribution in [3.05, 3.63) is 83.7 Å². The molecule has 0 saturated carbocycles. The number of aromatic nitrogens is 1. The summed E-state index contributed by atoms with van der Waals surface area (Å²) in [4.78, 5) is 33.1. The largest absolute Gasteiger partial charge is 0.338 e. The molecule has 1 aromatic heterocycles. The van der Waals surface area contributed by atoms with E-state index in [-0.39, 0.29) is 18.0 Å². The van der Waals surface area contributed by atoms with Gasteiger partial charge in [0.05, 0.1) is 5.56 Å². The maximum atomic E-state index is 13.5. The third-order valence-electron chi connectivity index (χ3n) is 6.22. The van der Waals surface area contributed by atoms with E-state index in [4.69, 9.17) is 0 Å². The van der Waals surface area contributed by atoms with Gasteiger partial charge in [-0.2, -0.15) is 0 Å². The average molecular weight is 465 g/mol. The Kier molecular flexibility index (Phi) is 6.86. The van der Waals surface area contributed by atoms with Gasteiger partial charge in [0.25, 0.3) is 5.91 Å². The number of benzene rings is 2. The lowest BCUT2D eigenvalue weighted by molar-refractivity contribution is 0.0670. The molecule has 0 spiro atoms. The molecule has 3 amide bonds. The molecule has 1 aliphatic rings. The minimum Gasteiger partial charge on any atom is -0.338 e. The predicted octanol–water partition coefficient (Wildman–Crippen LogP) is 5.10. The molecule has 1 fully saturated rings. The highest BCUT2D eigenvalue weighted by Crippen LogP contribution is 2.24. The monoisotopic (exact) mass is 464 g/mol. The molecule has 0 bridgehead atoms. The third kappa shape index (κ3) is 5.22. The van der Waals surface area contributed by atoms with Crippen LogP contribution >= 0.6 is 0 Å². The van der Waals surface area contributed by atoms with Gasteiger partial charge in [0.2, 0.25) is 0 Å². The number of likely N-dealkylation sites (tertiary alicyclic amines) is 1. The zero-order chi connectivity index (χ0) is 24.2. The van der Waals surface area contributed by atoms with E-state index in [1.54, 1.807) is 53.5 Å². The van der Waals surface area contributed by atoms with Gasteiger partial charge in [-0.05, 0) is 66.8 Å². The van der Waals surface area contributed by atoms with E-state index >= 15 is 0 Å². The van der Waals surface area contributed by atoms with Crippen LogP contribution in [0, 0.1) is 18.6 Å². The molecule has 1 aliphatic heterocycles. The first-order valence-electron chi connectivity index (χ1n) is 11.1. The van der Waals surface area contributed by atoms with Crippen LogP contribution in [0.1, 0.15) is 28.8 Å². The summed E-state index contributed by atoms with van der Waals surface area (Å²) in [6.07, 6.45) is 4.62. The van der Waals surface area contributed by atoms with Gasteiger partial charge in [-0.3, -0.25) is 9.78 Å². The molecule has 176 valence electrons. The number of anilines is 1. The van der Waals surface area contributed by atoms with Crippen molar-refractivity contribution < 1.29 is 18.4 Å². The molecule has 8 heteroatoms. The van der Waals surface area contributed by atoms with Crippen molar-refractivity contribution >= 4 is 17.6 Å². The van der Waals surface area contributed by atoms with Crippen LogP contribution in [0.3, 0.4) is 0 Å². The standard InChI is InChI=1S/C26H26F2N4O2/c1-17-7-10-29-16-24(17)25(33)32-11-8-23(9-12-32)31(2)26(34)30-22-5-3-18(4-6-22)19-13-20(27)15-21(28)14-19/h3-7,10,13-16,23H,8-9,11-12H2,1-2H3,(H,30,34). The maximum Gasteiger partial charge on any atom is 0.321 e. The molecule has 1 N–H and O–H groups in total. The Morgan fingerprint density at radius 2 is 1.65 bits per heavy atom. The fourth-order valence-corrected chi connectivity index (χ4v) is 4.16. The number of piperidine rings is 1. The molecule has 0 atom stereocenters. The normalized spacial score (nSPS) is 14.1. The number of aryl methyl sites for hydroxylation is 1. The van der Waals surface area contributed by atoms with Gasteiger partial charge in [-0.1, -0.05) is 12.1 Å². The van der Waals surface area contributed by atoms with Gasteiger partial charge in [0, 0.05) is 50.3 Å². The van der Waals surface area contributed by atoms with Gasteiger partial charge >= 0.3 is 6.03 Å². The lowest BCUT2D eigenvalue weighted by Gasteiger charge is -2.36. The fourth-order valence-electron chi connectivity index (χ4n) is 4.16. The Balaban J connectivity index is 1.33. The van der Waals surface area contributed by atoms with E-state index in [0.29, 0.717) is 48.3 Å². The number of carbonyl (C=O) groups is 2. The number of hydrogen-bond acceptors (Lipinski definition) is 3. The number of urea groups is 1. The van der Waals surface area contributed by atoms with Crippen LogP contribution in [-0.2, 0) is 0 Å². The summed E-state index contributed by atoms with van der Waals surface area (Å²) in [5.41, 5.74) is 3.15. The van der Waals surface area contributed by atoms with E-state index in [1.165, 1.54) is 12.1 Å². The summed E-state index contributed by atoms with van der Waals surface area (Å²) in [6, 6.07) is 11.7. The molecule has 6 nitrogen and oxygen atoms in total. The lowest BCUT2D eigenvalue weighted by atomic mass is 10.0. The summed E-state index contributed by atoms with van der Waals surface area (Å²) in [6.45, 7) is 3.02. The highest BCUT2D eigenvalue weighted by atomic mass is 19.1. The predicted molar refractivity (Wildman–Crippen MR) is 126 cm³/mol. The van der Waals surface area contributed by atoms with Crippen molar-refractivity contribution in [2.45, 2.75) is 25.8 Å². The number of rotatable bonds is 4. The fraction of sp³-hybridized carbons (Fsp3) is 0.269. The quantitative estimate of drug-likeness (QED) is 0.584. The smallest absolute Gasteiger partial charge is 0.321 e. The van der Waals surface area contributed by atoms with Crippen LogP contribution in [0.5, 0.6) is 0 Å². The van der Waals surface area contributed by atoms with E-state index in [2.05, 4.69) is 10.3 Å².